The van der Waals surface area contributed by atoms with Crippen molar-refractivity contribution in [1.82, 2.24) is 4.98 Å². The lowest BCUT2D eigenvalue weighted by Gasteiger charge is -2.48. The summed E-state index contributed by atoms with van der Waals surface area (Å²) in [6, 6.07) is 20.4. The lowest BCUT2D eigenvalue weighted by Crippen LogP contribution is -2.52. The molecule has 9 heteroatoms. The van der Waals surface area contributed by atoms with E-state index in [0.29, 0.717) is 5.13 Å². The van der Waals surface area contributed by atoms with Gasteiger partial charge in [-0.15, -0.1) is 0 Å². The quantitative estimate of drug-likeness (QED) is 0.367. The second-order valence-corrected chi connectivity index (χ2v) is 14.6. The Hall–Kier alpha value is -2.62. The molecule has 1 amide bonds. The minimum absolute atomic E-state index is 0.103. The number of rotatable bonds is 3. The molecule has 0 fully saturated rings. The lowest BCUT2D eigenvalue weighted by molar-refractivity contribution is 0.0636. The third-order valence-electron chi connectivity index (χ3n) is 6.98. The normalized spacial score (nSPS) is 28.0. The van der Waals surface area contributed by atoms with Crippen LogP contribution in [0.25, 0.3) is 0 Å². The fourth-order valence-electron chi connectivity index (χ4n) is 5.03. The van der Waals surface area contributed by atoms with Crippen molar-refractivity contribution < 1.29 is 9.53 Å². The molecule has 3 aromatic rings. The number of hydrogen-bond donors (Lipinski definition) is 1. The number of benzene rings is 2. The Bertz CT molecular complexity index is 1340. The summed E-state index contributed by atoms with van der Waals surface area (Å²) in [6.45, 7) is 10.2. The number of ether oxygens (including phenoxy) is 1. The Balaban J connectivity index is 1.45. The van der Waals surface area contributed by atoms with E-state index in [9.17, 15) is 4.79 Å². The van der Waals surface area contributed by atoms with Crippen molar-refractivity contribution in [2.75, 3.05) is 5.32 Å². The zero-order valence-corrected chi connectivity index (χ0v) is 23.8. The molecule has 4 atom stereocenters. The molecule has 0 saturated heterocycles. The monoisotopic (exact) mass is 548 g/mol. The molecular weight excluding hydrogens is 521 g/mol. The van der Waals surface area contributed by atoms with E-state index in [1.54, 1.807) is 0 Å². The summed E-state index contributed by atoms with van der Waals surface area (Å²) in [6.07, 6.45) is -0.507. The Morgan fingerprint density at radius 3 is 1.92 bits per heavy atom. The van der Waals surface area contributed by atoms with E-state index in [2.05, 4.69) is 55.6 Å². The summed E-state index contributed by atoms with van der Waals surface area (Å²) < 4.78 is 4.93. The predicted molar refractivity (Wildman–Crippen MR) is 155 cm³/mol. The zero-order chi connectivity index (χ0) is 26.0. The van der Waals surface area contributed by atoms with Gasteiger partial charge < -0.3 is 4.74 Å². The summed E-state index contributed by atoms with van der Waals surface area (Å²) in [7, 11) is 0. The fraction of sp³-hybridized carbons (Fsp3) is 0.357. The van der Waals surface area contributed by atoms with Crippen molar-refractivity contribution in [3.05, 3.63) is 82.4 Å². The van der Waals surface area contributed by atoms with Gasteiger partial charge in [-0.1, -0.05) is 95.5 Å². The maximum absolute atomic E-state index is 12.6. The molecule has 2 aromatic carbocycles. The van der Waals surface area contributed by atoms with Crippen LogP contribution in [-0.2, 0) is 4.74 Å². The van der Waals surface area contributed by atoms with Crippen LogP contribution in [-0.4, -0.2) is 36.3 Å². The first kappa shape index (κ1) is 24.7. The highest BCUT2D eigenvalue weighted by atomic mass is 32.2. The number of carbonyl (C=O) groups is 1. The van der Waals surface area contributed by atoms with Gasteiger partial charge in [0, 0.05) is 11.1 Å². The van der Waals surface area contributed by atoms with Gasteiger partial charge in [-0.05, 0) is 34.6 Å². The van der Waals surface area contributed by atoms with Crippen molar-refractivity contribution in [3.63, 3.8) is 0 Å². The van der Waals surface area contributed by atoms with Gasteiger partial charge in [0.15, 0.2) is 5.13 Å². The molecule has 3 aliphatic rings. The van der Waals surface area contributed by atoms with Crippen molar-refractivity contribution in [2.45, 2.75) is 61.8 Å². The zero-order valence-electron chi connectivity index (χ0n) is 21.3. The molecule has 1 aliphatic carbocycles. The summed E-state index contributed by atoms with van der Waals surface area (Å²) in [5.41, 5.74) is 2.54. The van der Waals surface area contributed by atoms with Gasteiger partial charge in [-0.25, -0.2) is 9.78 Å². The number of fused-ring (bicyclic) bond motifs is 6. The molecule has 37 heavy (non-hydrogen) atoms. The van der Waals surface area contributed by atoms with Crippen molar-refractivity contribution in [2.24, 2.45) is 9.98 Å². The molecule has 0 saturated carbocycles. The van der Waals surface area contributed by atoms with Crippen LogP contribution in [0.4, 0.5) is 9.93 Å². The van der Waals surface area contributed by atoms with Gasteiger partial charge in [0.25, 0.3) is 0 Å². The van der Waals surface area contributed by atoms with Crippen LogP contribution >= 0.6 is 34.9 Å². The van der Waals surface area contributed by atoms with Crippen LogP contribution in [0, 0.1) is 0 Å². The smallest absolute Gasteiger partial charge is 0.413 e. The molecule has 0 spiro atoms. The number of amides is 1. The highest BCUT2D eigenvalue weighted by Gasteiger charge is 2.66. The third kappa shape index (κ3) is 4.11. The van der Waals surface area contributed by atoms with E-state index < -0.39 is 11.7 Å². The summed E-state index contributed by atoms with van der Waals surface area (Å²) in [5, 5.41) is 5.43. The standard InChI is InChI=1S/C28H28N4O2S3/c1-26(2,3)34-25(33)32-24-29-18-19(35-24)21-28(5,37-23(31-21)17-14-10-7-11-15-17)27(4)20(18)30-22(36-27)16-12-8-6-9-13-16/h6-15,20-21H,1-5H3,(H,29,32,33). The van der Waals surface area contributed by atoms with Crippen molar-refractivity contribution >= 4 is 56.2 Å². The van der Waals surface area contributed by atoms with E-state index in [-0.39, 0.29) is 21.6 Å². The highest BCUT2D eigenvalue weighted by Crippen LogP contribution is 2.69. The second-order valence-electron chi connectivity index (χ2n) is 10.7. The second kappa shape index (κ2) is 8.71. The van der Waals surface area contributed by atoms with Crippen LogP contribution < -0.4 is 5.32 Å². The average molecular weight is 549 g/mol. The van der Waals surface area contributed by atoms with Gasteiger partial charge in [0.05, 0.1) is 30.2 Å². The van der Waals surface area contributed by atoms with Gasteiger partial charge in [0.2, 0.25) is 0 Å². The first-order valence-corrected chi connectivity index (χ1v) is 14.7. The van der Waals surface area contributed by atoms with E-state index in [1.165, 1.54) is 11.3 Å². The molecular formula is C28H28N4O2S3. The Kier molecular flexibility index (Phi) is 5.82. The number of anilines is 1. The van der Waals surface area contributed by atoms with E-state index in [4.69, 9.17) is 19.7 Å². The Morgan fingerprint density at radius 2 is 1.38 bits per heavy atom. The minimum Gasteiger partial charge on any atom is -0.444 e. The number of thioether (sulfide) groups is 2. The number of nitrogens with zero attached hydrogens (tertiary/aromatic N) is 3. The van der Waals surface area contributed by atoms with Gasteiger partial charge in [-0.3, -0.25) is 15.3 Å². The number of hydrogen-bond acceptors (Lipinski definition) is 8. The summed E-state index contributed by atoms with van der Waals surface area (Å²) in [4.78, 5) is 29.1. The summed E-state index contributed by atoms with van der Waals surface area (Å²) in [5.74, 6) is 0. The Morgan fingerprint density at radius 1 is 0.865 bits per heavy atom. The number of thiazole rings is 1. The molecule has 4 unspecified atom stereocenters. The molecule has 0 radical (unpaired) electrons. The van der Waals surface area contributed by atoms with Crippen LogP contribution in [0.3, 0.4) is 0 Å². The molecule has 1 N–H and O–H groups in total. The molecule has 2 aliphatic heterocycles. The number of carbonyl (C=O) groups excluding carboxylic acids is 1. The number of aromatic nitrogens is 1. The molecule has 3 heterocycles. The van der Waals surface area contributed by atoms with Gasteiger partial charge >= 0.3 is 6.09 Å². The van der Waals surface area contributed by atoms with Gasteiger partial charge in [-0.2, -0.15) is 0 Å². The van der Waals surface area contributed by atoms with Crippen molar-refractivity contribution in [1.29, 1.82) is 0 Å². The first-order valence-electron chi connectivity index (χ1n) is 12.2. The maximum atomic E-state index is 12.6. The first-order chi connectivity index (χ1) is 17.6. The van der Waals surface area contributed by atoms with Crippen LogP contribution in [0.1, 0.15) is 68.4 Å². The van der Waals surface area contributed by atoms with Crippen LogP contribution in [0.5, 0.6) is 0 Å². The molecule has 190 valence electrons. The summed E-state index contributed by atoms with van der Waals surface area (Å²) >= 11 is 5.15. The SMILES string of the molecule is CC(C)(C)OC(=O)Nc1nc2c(s1)C1N=C(c3ccccc3)SC1(C)C1(C)SC(c3ccccc3)=NC21. The predicted octanol–water partition coefficient (Wildman–Crippen LogP) is 7.49. The largest absolute Gasteiger partial charge is 0.444 e. The van der Waals surface area contributed by atoms with E-state index in [1.807, 2.05) is 68.6 Å². The highest BCUT2D eigenvalue weighted by molar-refractivity contribution is 8.19. The van der Waals surface area contributed by atoms with Gasteiger partial charge in [0.1, 0.15) is 17.7 Å². The molecule has 0 bridgehead atoms. The minimum atomic E-state index is -0.591. The van der Waals surface area contributed by atoms with Crippen molar-refractivity contribution in [3.8, 4) is 0 Å². The maximum Gasteiger partial charge on any atom is 0.413 e. The molecule has 6 rings (SSSR count). The van der Waals surface area contributed by atoms with Crippen LogP contribution in [0.15, 0.2) is 70.6 Å². The van der Waals surface area contributed by atoms with E-state index >= 15 is 0 Å². The molecule has 6 nitrogen and oxygen atoms in total. The topological polar surface area (TPSA) is 75.9 Å². The third-order valence-corrected chi connectivity index (χ3v) is 11.4. The van der Waals surface area contributed by atoms with Crippen LogP contribution in [0.2, 0.25) is 0 Å². The fourth-order valence-corrected chi connectivity index (χ4v) is 9.32. The number of aliphatic imine (C=N–C) groups is 2. The Labute approximate surface area is 229 Å². The average Bonchev–Trinajstić information content (AvgIpc) is 3.53. The lowest BCUT2D eigenvalue weighted by atomic mass is 9.75. The number of nitrogens with one attached hydrogen (secondary N) is 1. The molecule has 1 aromatic heterocycles. The van der Waals surface area contributed by atoms with E-state index in [0.717, 1.165) is 31.8 Å².